The van der Waals surface area contributed by atoms with Crippen molar-refractivity contribution in [3.05, 3.63) is 12.2 Å². The second-order valence-electron chi connectivity index (χ2n) is 16.6. The number of aliphatic carboxylic acids is 1. The monoisotopic (exact) mass is 860 g/mol. The molecule has 0 heterocycles. The number of carbonyl (C=O) groups excluding carboxylic acids is 2. The van der Waals surface area contributed by atoms with E-state index in [-0.39, 0.29) is 19.4 Å². The maximum absolute atomic E-state index is 12.7. The number of phosphoric acid groups is 1. The Morgan fingerprint density at radius 3 is 1.25 bits per heavy atom. The Morgan fingerprint density at radius 1 is 0.508 bits per heavy atom. The number of nitrogens with two attached hydrogens (primary N) is 1. The molecule has 0 saturated carbocycles. The van der Waals surface area contributed by atoms with Crippen molar-refractivity contribution < 1.29 is 47.5 Å². The molecule has 0 aliphatic carbocycles. The summed E-state index contributed by atoms with van der Waals surface area (Å²) in [5.41, 5.74) is 5.34. The molecule has 0 rings (SSSR count). The van der Waals surface area contributed by atoms with E-state index >= 15 is 0 Å². The second kappa shape index (κ2) is 42.9. The smallest absolute Gasteiger partial charge is 0.472 e. The maximum atomic E-state index is 12.7. The van der Waals surface area contributed by atoms with Gasteiger partial charge in [-0.1, -0.05) is 199 Å². The first-order chi connectivity index (χ1) is 28.6. The summed E-state index contributed by atoms with van der Waals surface area (Å²) < 4.78 is 32.8. The number of carboxylic acid groups (broad SMARTS) is 1. The molecule has 11 nitrogen and oxygen atoms in total. The van der Waals surface area contributed by atoms with Gasteiger partial charge in [-0.2, -0.15) is 0 Å². The van der Waals surface area contributed by atoms with E-state index in [4.69, 9.17) is 24.8 Å². The van der Waals surface area contributed by atoms with Gasteiger partial charge in [0, 0.05) is 12.8 Å². The molecule has 0 aliphatic heterocycles. The Hall–Kier alpha value is -1.78. The molecule has 0 spiro atoms. The van der Waals surface area contributed by atoms with Gasteiger partial charge >= 0.3 is 25.7 Å². The molecule has 0 bridgehead atoms. The Labute approximate surface area is 360 Å². The number of allylic oxidation sites excluding steroid dienone is 2. The predicted molar refractivity (Wildman–Crippen MR) is 240 cm³/mol. The number of hydrogen-bond donors (Lipinski definition) is 3. The lowest BCUT2D eigenvalue weighted by molar-refractivity contribution is -0.161. The summed E-state index contributed by atoms with van der Waals surface area (Å²) in [6.07, 6.45) is 44.1. The maximum Gasteiger partial charge on any atom is 0.472 e. The van der Waals surface area contributed by atoms with Gasteiger partial charge in [0.25, 0.3) is 0 Å². The first-order valence-electron chi connectivity index (χ1n) is 24.2. The fraction of sp³-hybridized carbons (Fsp3) is 0.894. The Balaban J connectivity index is 4.25. The normalized spacial score (nSPS) is 13.7. The van der Waals surface area contributed by atoms with Crippen molar-refractivity contribution in [1.82, 2.24) is 0 Å². The van der Waals surface area contributed by atoms with Gasteiger partial charge in [-0.05, 0) is 38.5 Å². The van der Waals surface area contributed by atoms with Crippen LogP contribution in [0.5, 0.6) is 0 Å². The summed E-state index contributed by atoms with van der Waals surface area (Å²) in [4.78, 5) is 46.1. The van der Waals surface area contributed by atoms with Gasteiger partial charge in [0.15, 0.2) is 6.10 Å². The number of carboxylic acids is 1. The van der Waals surface area contributed by atoms with Crippen LogP contribution in [0.1, 0.15) is 239 Å². The number of hydrogen-bond acceptors (Lipinski definition) is 9. The lowest BCUT2D eigenvalue weighted by atomic mass is 10.0. The Bertz CT molecular complexity index is 1060. The van der Waals surface area contributed by atoms with Gasteiger partial charge in [0.2, 0.25) is 0 Å². The zero-order valence-electron chi connectivity index (χ0n) is 37.9. The highest BCUT2D eigenvalue weighted by atomic mass is 31.2. The van der Waals surface area contributed by atoms with E-state index in [2.05, 4.69) is 30.5 Å². The molecule has 1 unspecified atom stereocenters. The topological polar surface area (TPSA) is 172 Å². The molecule has 0 aromatic heterocycles. The summed E-state index contributed by atoms with van der Waals surface area (Å²) in [6.45, 7) is 2.83. The van der Waals surface area contributed by atoms with E-state index in [0.29, 0.717) is 12.8 Å². The molecule has 0 aromatic carbocycles. The highest BCUT2D eigenvalue weighted by molar-refractivity contribution is 7.47. The summed E-state index contributed by atoms with van der Waals surface area (Å²) in [5.74, 6) is -2.36. The van der Waals surface area contributed by atoms with Crippen molar-refractivity contribution in [2.24, 2.45) is 5.73 Å². The number of ether oxygens (including phenoxy) is 2. The molecule has 0 radical (unpaired) electrons. The summed E-state index contributed by atoms with van der Waals surface area (Å²) in [5, 5.41) is 8.91. The van der Waals surface area contributed by atoms with Crippen molar-refractivity contribution in [2.45, 2.75) is 251 Å². The molecular weight excluding hydrogens is 769 g/mol. The van der Waals surface area contributed by atoms with Crippen LogP contribution >= 0.6 is 7.82 Å². The lowest BCUT2D eigenvalue weighted by Crippen LogP contribution is -2.34. The fourth-order valence-corrected chi connectivity index (χ4v) is 7.72. The van der Waals surface area contributed by atoms with Crippen LogP contribution in [0.4, 0.5) is 0 Å². The number of rotatable bonds is 46. The highest BCUT2D eigenvalue weighted by Crippen LogP contribution is 2.43. The molecule has 3 atom stereocenters. The molecule has 0 amide bonds. The van der Waals surface area contributed by atoms with Crippen LogP contribution in [0, 0.1) is 0 Å². The van der Waals surface area contributed by atoms with Crippen molar-refractivity contribution in [3.8, 4) is 0 Å². The quantitative estimate of drug-likeness (QED) is 0.0230. The van der Waals surface area contributed by atoms with Crippen LogP contribution in [-0.4, -0.2) is 59.9 Å². The van der Waals surface area contributed by atoms with E-state index in [0.717, 1.165) is 38.5 Å². The van der Waals surface area contributed by atoms with Gasteiger partial charge < -0.3 is 25.2 Å². The van der Waals surface area contributed by atoms with Gasteiger partial charge in [0.1, 0.15) is 12.6 Å². The zero-order valence-corrected chi connectivity index (χ0v) is 38.8. The number of unbranched alkanes of at least 4 members (excludes halogenated alkanes) is 30. The zero-order chi connectivity index (χ0) is 43.5. The fourth-order valence-electron chi connectivity index (χ4n) is 6.94. The van der Waals surface area contributed by atoms with E-state index < -0.39 is 51.1 Å². The molecular formula is C47H90NO10P. The summed E-state index contributed by atoms with van der Waals surface area (Å²) in [7, 11) is -4.71. The van der Waals surface area contributed by atoms with Gasteiger partial charge in [-0.15, -0.1) is 0 Å². The average molecular weight is 860 g/mol. The molecule has 348 valence electrons. The third-order valence-electron chi connectivity index (χ3n) is 10.8. The minimum absolute atomic E-state index is 0.163. The molecule has 0 saturated heterocycles. The molecule has 0 aromatic rings. The van der Waals surface area contributed by atoms with E-state index in [1.165, 1.54) is 161 Å². The van der Waals surface area contributed by atoms with Crippen LogP contribution in [0.15, 0.2) is 12.2 Å². The van der Waals surface area contributed by atoms with Crippen molar-refractivity contribution in [3.63, 3.8) is 0 Å². The Morgan fingerprint density at radius 2 is 0.847 bits per heavy atom. The van der Waals surface area contributed by atoms with Gasteiger partial charge in [0.05, 0.1) is 13.2 Å². The standard InChI is InChI=1S/C47H90NO10P/c1-3-5-7-9-11-13-15-17-19-21-23-24-26-28-30-32-34-36-38-45(49)55-40-43(41-56-59(53,54)57-42-44(48)47(51)52)58-46(50)39-37-35-33-31-29-27-25-22-20-18-16-14-12-10-8-6-4-2/h14,16,43-44H,3-13,15,17-42,48H2,1-2H3,(H,51,52)(H,53,54)/b16-14+/t43-,44+/m1/s1. The highest BCUT2D eigenvalue weighted by Gasteiger charge is 2.28. The summed E-state index contributed by atoms with van der Waals surface area (Å²) in [6, 6.07) is -1.52. The van der Waals surface area contributed by atoms with Crippen LogP contribution in [0.2, 0.25) is 0 Å². The van der Waals surface area contributed by atoms with Gasteiger partial charge in [-0.3, -0.25) is 23.4 Å². The van der Waals surface area contributed by atoms with Crippen LogP contribution in [-0.2, 0) is 37.5 Å². The molecule has 4 N–H and O–H groups in total. The van der Waals surface area contributed by atoms with Gasteiger partial charge in [-0.25, -0.2) is 4.57 Å². The molecule has 0 aliphatic rings. The molecule has 12 heteroatoms. The van der Waals surface area contributed by atoms with E-state index in [1.807, 2.05) is 0 Å². The van der Waals surface area contributed by atoms with Crippen LogP contribution in [0.25, 0.3) is 0 Å². The Kier molecular flexibility index (Phi) is 41.6. The van der Waals surface area contributed by atoms with Crippen molar-refractivity contribution in [1.29, 1.82) is 0 Å². The summed E-state index contributed by atoms with van der Waals surface area (Å²) >= 11 is 0. The first-order valence-corrected chi connectivity index (χ1v) is 25.7. The molecule has 0 fully saturated rings. The van der Waals surface area contributed by atoms with Crippen molar-refractivity contribution in [2.75, 3.05) is 19.8 Å². The average Bonchev–Trinajstić information content (AvgIpc) is 3.21. The minimum Gasteiger partial charge on any atom is -0.480 e. The van der Waals surface area contributed by atoms with E-state index in [1.54, 1.807) is 0 Å². The third-order valence-corrected chi connectivity index (χ3v) is 11.7. The number of phosphoric ester groups is 1. The van der Waals surface area contributed by atoms with E-state index in [9.17, 15) is 23.8 Å². The SMILES string of the molecule is CCCCCC/C=C/CCCCCCCCCCCC(=O)O[C@H](COC(=O)CCCCCCCCCCCCCCCCCCCC)COP(=O)(O)OC[C@H](N)C(=O)O. The largest absolute Gasteiger partial charge is 0.480 e. The number of esters is 2. The van der Waals surface area contributed by atoms with Crippen LogP contribution < -0.4 is 5.73 Å². The number of carbonyl (C=O) groups is 3. The van der Waals surface area contributed by atoms with Crippen molar-refractivity contribution >= 4 is 25.7 Å². The first kappa shape index (κ1) is 57.2. The third kappa shape index (κ3) is 42.7. The van der Waals surface area contributed by atoms with Crippen LogP contribution in [0.3, 0.4) is 0 Å². The lowest BCUT2D eigenvalue weighted by Gasteiger charge is -2.20. The predicted octanol–water partition coefficient (Wildman–Crippen LogP) is 13.2. The molecule has 59 heavy (non-hydrogen) atoms. The minimum atomic E-state index is -4.71. The second-order valence-corrected chi connectivity index (χ2v) is 18.1.